The average molecular weight is 407 g/mol. The summed E-state index contributed by atoms with van der Waals surface area (Å²) in [4.78, 5) is 26.8. The van der Waals surface area contributed by atoms with E-state index in [-0.39, 0.29) is 28.0 Å². The number of nitrogens with zero attached hydrogens (tertiary/aromatic N) is 3. The summed E-state index contributed by atoms with van der Waals surface area (Å²) in [5.41, 5.74) is 1.07. The largest absolute Gasteiger partial charge is 0.369 e. The van der Waals surface area contributed by atoms with Crippen LogP contribution in [0.2, 0.25) is 5.02 Å². The van der Waals surface area contributed by atoms with Gasteiger partial charge in [0.05, 0.1) is 15.5 Å². The standard InChI is InChI=1S/C19H20ClFN4O3/c20-18-13-16(25(27)28)5-6-17(18)19(26)22-7-8-23-9-11-24(12-10-23)15-3-1-14(21)2-4-15/h1-6,13H,7-12H2,(H,22,26). The van der Waals surface area contributed by atoms with Gasteiger partial charge in [-0.15, -0.1) is 0 Å². The molecule has 2 aromatic rings. The van der Waals surface area contributed by atoms with Gasteiger partial charge in [-0.25, -0.2) is 4.39 Å². The van der Waals surface area contributed by atoms with Gasteiger partial charge in [-0.05, 0) is 30.3 Å². The van der Waals surface area contributed by atoms with E-state index >= 15 is 0 Å². The second-order valence-electron chi connectivity index (χ2n) is 6.48. The highest BCUT2D eigenvalue weighted by Crippen LogP contribution is 2.22. The van der Waals surface area contributed by atoms with E-state index in [0.29, 0.717) is 13.1 Å². The zero-order chi connectivity index (χ0) is 20.1. The van der Waals surface area contributed by atoms with Gasteiger partial charge in [0.25, 0.3) is 11.6 Å². The Balaban J connectivity index is 1.44. The molecule has 1 amide bonds. The Morgan fingerprint density at radius 1 is 1.14 bits per heavy atom. The Hall–Kier alpha value is -2.71. The number of nitrogens with one attached hydrogen (secondary N) is 1. The van der Waals surface area contributed by atoms with Crippen LogP contribution in [0.4, 0.5) is 15.8 Å². The number of nitro benzene ring substituents is 1. The van der Waals surface area contributed by atoms with Crippen LogP contribution in [0.15, 0.2) is 42.5 Å². The van der Waals surface area contributed by atoms with Crippen LogP contribution in [0.5, 0.6) is 0 Å². The van der Waals surface area contributed by atoms with E-state index in [4.69, 9.17) is 11.6 Å². The molecule has 0 unspecified atom stereocenters. The molecule has 1 aliphatic rings. The summed E-state index contributed by atoms with van der Waals surface area (Å²) in [6.45, 7) is 4.47. The highest BCUT2D eigenvalue weighted by molar-refractivity contribution is 6.34. The minimum Gasteiger partial charge on any atom is -0.369 e. The summed E-state index contributed by atoms with van der Waals surface area (Å²) >= 11 is 5.98. The number of anilines is 1. The number of carbonyl (C=O) groups excluding carboxylic acids is 1. The van der Waals surface area contributed by atoms with Crippen molar-refractivity contribution in [2.75, 3.05) is 44.2 Å². The molecule has 1 aliphatic heterocycles. The Bertz CT molecular complexity index is 855. The molecule has 0 aliphatic carbocycles. The van der Waals surface area contributed by atoms with Crippen LogP contribution >= 0.6 is 11.6 Å². The normalized spacial score (nSPS) is 14.7. The molecule has 0 radical (unpaired) electrons. The highest BCUT2D eigenvalue weighted by Gasteiger charge is 2.18. The van der Waals surface area contributed by atoms with Crippen molar-refractivity contribution in [3.8, 4) is 0 Å². The molecule has 0 bridgehead atoms. The minimum absolute atomic E-state index is 0.0552. The number of rotatable bonds is 6. The summed E-state index contributed by atoms with van der Waals surface area (Å²) in [6, 6.07) is 10.3. The Morgan fingerprint density at radius 3 is 2.43 bits per heavy atom. The molecule has 3 rings (SSSR count). The topological polar surface area (TPSA) is 78.7 Å². The minimum atomic E-state index is -0.556. The van der Waals surface area contributed by atoms with Gasteiger partial charge < -0.3 is 10.2 Å². The number of carbonyl (C=O) groups is 1. The number of amides is 1. The summed E-state index contributed by atoms with van der Waals surface area (Å²) in [5, 5.41) is 13.6. The van der Waals surface area contributed by atoms with Gasteiger partial charge in [-0.2, -0.15) is 0 Å². The van der Waals surface area contributed by atoms with Crippen molar-refractivity contribution in [1.29, 1.82) is 0 Å². The molecule has 1 N–H and O–H groups in total. The predicted molar refractivity (Wildman–Crippen MR) is 105 cm³/mol. The van der Waals surface area contributed by atoms with Crippen molar-refractivity contribution in [2.24, 2.45) is 0 Å². The van der Waals surface area contributed by atoms with E-state index < -0.39 is 4.92 Å². The predicted octanol–water partition coefficient (Wildman–Crippen LogP) is 2.94. The lowest BCUT2D eigenvalue weighted by Gasteiger charge is -2.36. The van der Waals surface area contributed by atoms with Crippen LogP contribution in [-0.4, -0.2) is 55.0 Å². The van der Waals surface area contributed by atoms with E-state index in [1.54, 1.807) is 12.1 Å². The van der Waals surface area contributed by atoms with Crippen LogP contribution in [0.1, 0.15) is 10.4 Å². The maximum Gasteiger partial charge on any atom is 0.270 e. The summed E-state index contributed by atoms with van der Waals surface area (Å²) in [6.07, 6.45) is 0. The number of halogens is 2. The van der Waals surface area contributed by atoms with Crippen LogP contribution in [0, 0.1) is 15.9 Å². The maximum absolute atomic E-state index is 13.0. The Morgan fingerprint density at radius 2 is 1.82 bits per heavy atom. The van der Waals surface area contributed by atoms with Crippen molar-refractivity contribution in [2.45, 2.75) is 0 Å². The number of nitro groups is 1. The molecule has 0 aromatic heterocycles. The molecular weight excluding hydrogens is 387 g/mol. The SMILES string of the molecule is O=C(NCCN1CCN(c2ccc(F)cc2)CC1)c1ccc([N+](=O)[O-])cc1Cl. The fraction of sp³-hybridized carbons (Fsp3) is 0.316. The van der Waals surface area contributed by atoms with Crippen molar-refractivity contribution in [3.63, 3.8) is 0 Å². The monoisotopic (exact) mass is 406 g/mol. The molecule has 0 spiro atoms. The van der Waals surface area contributed by atoms with Crippen molar-refractivity contribution < 1.29 is 14.1 Å². The smallest absolute Gasteiger partial charge is 0.270 e. The lowest BCUT2D eigenvalue weighted by Crippen LogP contribution is -2.48. The maximum atomic E-state index is 13.0. The number of piperazine rings is 1. The average Bonchev–Trinajstić information content (AvgIpc) is 2.69. The van der Waals surface area contributed by atoms with Crippen molar-refractivity contribution in [1.82, 2.24) is 10.2 Å². The van der Waals surface area contributed by atoms with Crippen LogP contribution in [0.3, 0.4) is 0 Å². The molecule has 0 saturated carbocycles. The highest BCUT2D eigenvalue weighted by atomic mass is 35.5. The zero-order valence-corrected chi connectivity index (χ0v) is 15.9. The Kier molecular flexibility index (Phi) is 6.43. The van der Waals surface area contributed by atoms with Gasteiger partial charge in [0.15, 0.2) is 0 Å². The first-order valence-corrected chi connectivity index (χ1v) is 9.27. The number of hydrogen-bond donors (Lipinski definition) is 1. The third-order valence-corrected chi connectivity index (χ3v) is 5.00. The van der Waals surface area contributed by atoms with Gasteiger partial charge in [-0.1, -0.05) is 11.6 Å². The molecular formula is C19H20ClFN4O3. The van der Waals surface area contributed by atoms with Crippen LogP contribution in [-0.2, 0) is 0 Å². The second-order valence-corrected chi connectivity index (χ2v) is 6.89. The second kappa shape index (κ2) is 8.99. The molecule has 9 heteroatoms. The molecule has 7 nitrogen and oxygen atoms in total. The van der Waals surface area contributed by atoms with Gasteiger partial charge in [0.2, 0.25) is 0 Å². The number of benzene rings is 2. The summed E-state index contributed by atoms with van der Waals surface area (Å²) in [5.74, 6) is -0.601. The molecule has 2 aromatic carbocycles. The van der Waals surface area contributed by atoms with Crippen molar-refractivity contribution in [3.05, 3.63) is 69.0 Å². The third kappa shape index (κ3) is 4.96. The van der Waals surface area contributed by atoms with Gasteiger partial charge in [0.1, 0.15) is 5.82 Å². The molecule has 28 heavy (non-hydrogen) atoms. The van der Waals surface area contributed by atoms with E-state index in [1.807, 2.05) is 0 Å². The first-order chi connectivity index (χ1) is 13.4. The fourth-order valence-electron chi connectivity index (χ4n) is 3.11. The van der Waals surface area contributed by atoms with E-state index in [9.17, 15) is 19.3 Å². The fourth-order valence-corrected chi connectivity index (χ4v) is 3.37. The van der Waals surface area contributed by atoms with E-state index in [1.165, 1.54) is 30.3 Å². The summed E-state index contributed by atoms with van der Waals surface area (Å²) in [7, 11) is 0. The van der Waals surface area contributed by atoms with Crippen LogP contribution < -0.4 is 10.2 Å². The molecule has 1 saturated heterocycles. The number of non-ortho nitro benzene ring substituents is 1. The van der Waals surface area contributed by atoms with Gasteiger partial charge in [0, 0.05) is 57.1 Å². The molecule has 0 atom stereocenters. The van der Waals surface area contributed by atoms with E-state index in [0.717, 1.165) is 31.9 Å². The Labute approximate surface area is 166 Å². The zero-order valence-electron chi connectivity index (χ0n) is 15.1. The lowest BCUT2D eigenvalue weighted by atomic mass is 10.2. The third-order valence-electron chi connectivity index (χ3n) is 4.69. The number of hydrogen-bond acceptors (Lipinski definition) is 5. The van der Waals surface area contributed by atoms with Crippen molar-refractivity contribution >= 4 is 28.9 Å². The quantitative estimate of drug-likeness (QED) is 0.589. The van der Waals surface area contributed by atoms with E-state index in [2.05, 4.69) is 15.1 Å². The lowest BCUT2D eigenvalue weighted by molar-refractivity contribution is -0.384. The van der Waals surface area contributed by atoms with Gasteiger partial charge in [-0.3, -0.25) is 19.8 Å². The van der Waals surface area contributed by atoms with Crippen LogP contribution in [0.25, 0.3) is 0 Å². The first-order valence-electron chi connectivity index (χ1n) is 8.89. The first kappa shape index (κ1) is 20.0. The molecule has 148 valence electrons. The summed E-state index contributed by atoms with van der Waals surface area (Å²) < 4.78 is 13.0. The molecule has 1 heterocycles. The van der Waals surface area contributed by atoms with Gasteiger partial charge >= 0.3 is 0 Å². The molecule has 1 fully saturated rings.